The van der Waals surface area contributed by atoms with Crippen LogP contribution in [0.4, 0.5) is 0 Å². The summed E-state index contributed by atoms with van der Waals surface area (Å²) in [7, 11) is 1.14. The van der Waals surface area contributed by atoms with Gasteiger partial charge < -0.3 is 0 Å². The van der Waals surface area contributed by atoms with Gasteiger partial charge in [-0.05, 0) is 100 Å². The number of rotatable bonds is 4. The molecule has 0 N–H and O–H groups in total. The van der Waals surface area contributed by atoms with E-state index < -0.39 is 0 Å². The van der Waals surface area contributed by atoms with Crippen molar-refractivity contribution in [3.05, 3.63) is 48.0 Å². The summed E-state index contributed by atoms with van der Waals surface area (Å²) in [5.41, 5.74) is 2.96. The van der Waals surface area contributed by atoms with Crippen molar-refractivity contribution >= 4 is 8.58 Å². The first-order valence-corrected chi connectivity index (χ1v) is 12.2. The second-order valence-electron chi connectivity index (χ2n) is 8.14. The molecule has 2 aliphatic rings. The minimum Gasteiger partial charge on any atom is -0.126 e. The van der Waals surface area contributed by atoms with E-state index in [0.29, 0.717) is 0 Å². The Bertz CT molecular complexity index is 471. The monoisotopic (exact) mass is 358 g/mol. The van der Waals surface area contributed by atoms with Gasteiger partial charge in [0.1, 0.15) is 0 Å². The molecule has 25 heavy (non-hydrogen) atoms. The van der Waals surface area contributed by atoms with Crippen LogP contribution in [0.3, 0.4) is 0 Å². The molecule has 0 saturated heterocycles. The fourth-order valence-corrected chi connectivity index (χ4v) is 4.61. The molecule has 0 aromatic heterocycles. The summed E-state index contributed by atoms with van der Waals surface area (Å²) in [6.07, 6.45) is 15.0. The van der Waals surface area contributed by atoms with Crippen LogP contribution in [0.1, 0.15) is 75.3 Å². The maximum Gasteiger partial charge on any atom is -0.0162 e. The van der Waals surface area contributed by atoms with E-state index in [9.17, 15) is 0 Å². The third-order valence-corrected chi connectivity index (χ3v) is 7.20. The molecule has 1 unspecified atom stereocenters. The zero-order valence-electron chi connectivity index (χ0n) is 16.8. The van der Waals surface area contributed by atoms with Gasteiger partial charge in [-0.15, -0.1) is 15.2 Å². The predicted octanol–water partition coefficient (Wildman–Crippen LogP) is 7.58. The Morgan fingerprint density at radius 1 is 0.920 bits per heavy atom. The van der Waals surface area contributed by atoms with Crippen LogP contribution < -0.4 is 0 Å². The van der Waals surface area contributed by atoms with Gasteiger partial charge in [0, 0.05) is 0 Å². The fourth-order valence-electron chi connectivity index (χ4n) is 4.61. The Labute approximate surface area is 158 Å². The zero-order valence-corrected chi connectivity index (χ0v) is 17.8. The molecule has 140 valence electrons. The van der Waals surface area contributed by atoms with Crippen LogP contribution in [0.25, 0.3) is 0 Å². The Morgan fingerprint density at radius 3 is 1.84 bits per heavy atom. The topological polar surface area (TPSA) is 0 Å². The van der Waals surface area contributed by atoms with Crippen LogP contribution in [0.15, 0.2) is 36.9 Å². The molecule has 1 aromatic rings. The highest BCUT2D eigenvalue weighted by atomic mass is 31.1. The van der Waals surface area contributed by atoms with Crippen LogP contribution >= 0.6 is 8.58 Å². The second-order valence-corrected chi connectivity index (χ2v) is 9.55. The van der Waals surface area contributed by atoms with Gasteiger partial charge in [-0.1, -0.05) is 42.8 Å². The number of aryl methyl sites for hydroxylation is 1. The zero-order chi connectivity index (χ0) is 18.1. The lowest BCUT2D eigenvalue weighted by Gasteiger charge is -2.37. The summed E-state index contributed by atoms with van der Waals surface area (Å²) in [6.45, 7) is 10.6. The molecule has 0 spiro atoms. The quantitative estimate of drug-likeness (QED) is 0.384. The molecule has 1 atom stereocenters. The number of hydrogen-bond acceptors (Lipinski definition) is 0. The van der Waals surface area contributed by atoms with E-state index in [1.807, 2.05) is 0 Å². The van der Waals surface area contributed by atoms with E-state index in [4.69, 9.17) is 0 Å². The van der Waals surface area contributed by atoms with Crippen molar-refractivity contribution in [1.82, 2.24) is 0 Å². The number of hydrogen-bond donors (Lipinski definition) is 0. The van der Waals surface area contributed by atoms with Crippen molar-refractivity contribution in [2.45, 2.75) is 71.1 Å². The van der Waals surface area contributed by atoms with Gasteiger partial charge in [0.05, 0.1) is 0 Å². The van der Waals surface area contributed by atoms with Gasteiger partial charge in [-0.25, -0.2) is 0 Å². The summed E-state index contributed by atoms with van der Waals surface area (Å²) < 4.78 is 0. The number of benzene rings is 1. The molecule has 3 rings (SSSR count). The Hall–Kier alpha value is -0.610. The number of allylic oxidation sites excluding steroid dienone is 1. The molecule has 2 fully saturated rings. The van der Waals surface area contributed by atoms with Crippen molar-refractivity contribution in [3.8, 4) is 0 Å². The minimum atomic E-state index is 0.810. The smallest absolute Gasteiger partial charge is 0.0162 e. The van der Waals surface area contributed by atoms with Gasteiger partial charge in [0.25, 0.3) is 0 Å². The van der Waals surface area contributed by atoms with Crippen LogP contribution in [0.2, 0.25) is 0 Å². The first kappa shape index (κ1) is 20.7. The maximum atomic E-state index is 3.97. The first-order chi connectivity index (χ1) is 12.2. The van der Waals surface area contributed by atoms with Crippen molar-refractivity contribution in [3.63, 3.8) is 0 Å². The summed E-state index contributed by atoms with van der Waals surface area (Å²) in [6, 6.07) is 9.27. The summed E-state index contributed by atoms with van der Waals surface area (Å²) in [5.74, 6) is 3.66. The van der Waals surface area contributed by atoms with Gasteiger partial charge in [0.15, 0.2) is 0 Å². The maximum absolute atomic E-state index is 3.97. The summed E-state index contributed by atoms with van der Waals surface area (Å²) >= 11 is 0. The van der Waals surface area contributed by atoms with Crippen LogP contribution in [0.5, 0.6) is 0 Å². The highest BCUT2D eigenvalue weighted by Gasteiger charge is 2.30. The van der Waals surface area contributed by atoms with Crippen LogP contribution in [0, 0.1) is 24.7 Å². The molecule has 1 aromatic carbocycles. The lowest BCUT2D eigenvalue weighted by molar-refractivity contribution is 0.171. The SMILES string of the molecule is C=CC1CCC(C2CCC(c3ccc(C)cc3)CC2)CC1.CCPC. The highest BCUT2D eigenvalue weighted by Crippen LogP contribution is 2.43. The van der Waals surface area contributed by atoms with E-state index >= 15 is 0 Å². The van der Waals surface area contributed by atoms with E-state index in [1.165, 1.54) is 63.1 Å². The van der Waals surface area contributed by atoms with E-state index in [-0.39, 0.29) is 0 Å². The molecule has 2 saturated carbocycles. The van der Waals surface area contributed by atoms with Crippen molar-refractivity contribution in [2.75, 3.05) is 12.8 Å². The first-order valence-electron chi connectivity index (χ1n) is 10.5. The molecule has 1 heteroatoms. The van der Waals surface area contributed by atoms with Crippen molar-refractivity contribution in [1.29, 1.82) is 0 Å². The van der Waals surface area contributed by atoms with Crippen LogP contribution in [-0.4, -0.2) is 12.8 Å². The molecule has 0 nitrogen and oxygen atoms in total. The largest absolute Gasteiger partial charge is 0.126 e. The summed E-state index contributed by atoms with van der Waals surface area (Å²) in [4.78, 5) is 0. The van der Waals surface area contributed by atoms with Crippen molar-refractivity contribution < 1.29 is 0 Å². The molecule has 0 heterocycles. The van der Waals surface area contributed by atoms with E-state index in [1.54, 1.807) is 5.56 Å². The van der Waals surface area contributed by atoms with Gasteiger partial charge in [-0.3, -0.25) is 0 Å². The molecular formula is C24H39P. The second kappa shape index (κ2) is 11.2. The van der Waals surface area contributed by atoms with E-state index in [0.717, 1.165) is 32.3 Å². The molecule has 0 aliphatic heterocycles. The highest BCUT2D eigenvalue weighted by molar-refractivity contribution is 7.36. The fraction of sp³-hybridized carbons (Fsp3) is 0.667. The predicted molar refractivity (Wildman–Crippen MR) is 116 cm³/mol. The molecular weight excluding hydrogens is 319 g/mol. The van der Waals surface area contributed by atoms with E-state index in [2.05, 4.69) is 57.4 Å². The molecule has 2 aliphatic carbocycles. The molecule has 0 amide bonds. The van der Waals surface area contributed by atoms with Gasteiger partial charge >= 0.3 is 0 Å². The third-order valence-electron chi connectivity index (χ3n) is 6.49. The lowest BCUT2D eigenvalue weighted by atomic mass is 9.68. The Kier molecular flexibility index (Phi) is 9.25. The van der Waals surface area contributed by atoms with Crippen molar-refractivity contribution in [2.24, 2.45) is 17.8 Å². The van der Waals surface area contributed by atoms with Gasteiger partial charge in [0.2, 0.25) is 0 Å². The third kappa shape index (κ3) is 6.56. The Morgan fingerprint density at radius 2 is 1.40 bits per heavy atom. The average molecular weight is 359 g/mol. The van der Waals surface area contributed by atoms with Crippen LogP contribution in [-0.2, 0) is 0 Å². The Balaban J connectivity index is 0.000000511. The van der Waals surface area contributed by atoms with Gasteiger partial charge in [-0.2, -0.15) is 0 Å². The minimum absolute atomic E-state index is 0.810. The normalized spacial score (nSPS) is 29.9. The molecule has 0 bridgehead atoms. The lowest BCUT2D eigenvalue weighted by Crippen LogP contribution is -2.25. The standard InChI is InChI=1S/C21H30.C3H9P/c1-3-17-6-10-19(11-7-17)21-14-12-20(13-15-21)18-8-4-16(2)5-9-18;1-3-4-2/h3-5,8-9,17,19-21H,1,6-7,10-15H2,2H3;4H,3H2,1-2H3. The summed E-state index contributed by atoms with van der Waals surface area (Å²) in [5, 5.41) is 0. The molecule has 0 radical (unpaired) electrons. The average Bonchev–Trinajstić information content (AvgIpc) is 2.69.